The molecule has 8 nitrogen and oxygen atoms in total. The minimum absolute atomic E-state index is 0.444. The zero-order chi connectivity index (χ0) is 27.6. The van der Waals surface area contributed by atoms with Gasteiger partial charge in [-0.1, -0.05) is 39.1 Å². The van der Waals surface area contributed by atoms with Gasteiger partial charge in [-0.3, -0.25) is 0 Å². The highest BCUT2D eigenvalue weighted by atomic mass is 16.7. The van der Waals surface area contributed by atoms with E-state index in [9.17, 15) is 9.59 Å². The molecule has 0 saturated carbocycles. The number of hydrogen-bond acceptors (Lipinski definition) is 8. The number of ether oxygens (including phenoxy) is 6. The van der Waals surface area contributed by atoms with Crippen LogP contribution in [0, 0.1) is 0 Å². The van der Waals surface area contributed by atoms with Crippen molar-refractivity contribution >= 4 is 11.9 Å². The highest BCUT2D eigenvalue weighted by Gasteiger charge is 2.31. The molecule has 2 atom stereocenters. The lowest BCUT2D eigenvalue weighted by molar-refractivity contribution is -0.156. The molecule has 0 N–H and O–H groups in total. The molecule has 2 aromatic carbocycles. The quantitative estimate of drug-likeness (QED) is 0.180. The third-order valence-corrected chi connectivity index (χ3v) is 5.35. The average Bonchev–Trinajstić information content (AvgIpc) is 2.84. The van der Waals surface area contributed by atoms with Crippen LogP contribution in [-0.4, -0.2) is 37.7 Å². The second-order valence-electron chi connectivity index (χ2n) is 8.46. The summed E-state index contributed by atoms with van der Waals surface area (Å²) in [6.07, 6.45) is 0.559. The van der Waals surface area contributed by atoms with Crippen molar-refractivity contribution in [2.45, 2.75) is 59.5 Å². The third kappa shape index (κ3) is 8.03. The molecule has 37 heavy (non-hydrogen) atoms. The average molecular weight is 513 g/mol. The van der Waals surface area contributed by atoms with E-state index in [0.29, 0.717) is 36.2 Å². The van der Waals surface area contributed by atoms with Gasteiger partial charge < -0.3 is 28.4 Å². The zero-order valence-electron chi connectivity index (χ0n) is 22.4. The molecule has 200 valence electrons. The summed E-state index contributed by atoms with van der Waals surface area (Å²) in [5, 5.41) is 0. The number of hydrogen-bond donors (Lipinski definition) is 0. The molecule has 0 radical (unpaired) electrons. The summed E-state index contributed by atoms with van der Waals surface area (Å²) >= 11 is 0. The summed E-state index contributed by atoms with van der Waals surface area (Å²) in [4.78, 5) is 22.9. The highest BCUT2D eigenvalue weighted by molar-refractivity contribution is 5.81. The first-order chi connectivity index (χ1) is 17.5. The Hall–Kier alpha value is -3.94. The van der Waals surface area contributed by atoms with Crippen molar-refractivity contribution < 1.29 is 38.0 Å². The van der Waals surface area contributed by atoms with Crippen molar-refractivity contribution in [3.05, 3.63) is 72.8 Å². The molecule has 0 aliphatic heterocycles. The number of carbonyl (C=O) groups excluding carboxylic acids is 2. The first-order valence-corrected chi connectivity index (χ1v) is 12.1. The van der Waals surface area contributed by atoms with Crippen LogP contribution in [0.1, 0.15) is 52.7 Å². The van der Waals surface area contributed by atoms with E-state index in [2.05, 4.69) is 27.0 Å². The molecule has 0 heterocycles. The zero-order valence-corrected chi connectivity index (χ0v) is 22.4. The van der Waals surface area contributed by atoms with E-state index in [0.717, 1.165) is 23.3 Å². The van der Waals surface area contributed by atoms with E-state index in [1.54, 1.807) is 38.1 Å². The van der Waals surface area contributed by atoms with Crippen LogP contribution in [0.4, 0.5) is 0 Å². The number of benzene rings is 2. The van der Waals surface area contributed by atoms with Crippen LogP contribution in [0.25, 0.3) is 0 Å². The van der Waals surface area contributed by atoms with Crippen LogP contribution in [0.3, 0.4) is 0 Å². The number of carbonyl (C=O) groups is 2. The maximum Gasteiger partial charge on any atom is 0.333 e. The summed E-state index contributed by atoms with van der Waals surface area (Å²) in [7, 11) is 0. The van der Waals surface area contributed by atoms with Crippen molar-refractivity contribution in [2.75, 3.05) is 13.2 Å². The molecule has 0 fully saturated rings. The molecule has 2 aromatic rings. The fourth-order valence-corrected chi connectivity index (χ4v) is 3.73. The summed E-state index contributed by atoms with van der Waals surface area (Å²) in [5.41, 5.74) is 1.26. The normalized spacial score (nSPS) is 12.5. The summed E-state index contributed by atoms with van der Waals surface area (Å²) < 4.78 is 33.6. The first kappa shape index (κ1) is 29.3. The molecule has 0 bridgehead atoms. The van der Waals surface area contributed by atoms with E-state index < -0.39 is 29.9 Å². The molecule has 0 aromatic heterocycles. The lowest BCUT2D eigenvalue weighted by atomic mass is 9.77. The second kappa shape index (κ2) is 13.4. The van der Waals surface area contributed by atoms with Gasteiger partial charge in [-0.05, 0) is 26.0 Å². The van der Waals surface area contributed by atoms with E-state index in [4.69, 9.17) is 28.4 Å². The van der Waals surface area contributed by atoms with Crippen LogP contribution >= 0.6 is 0 Å². The predicted octanol–water partition coefficient (Wildman–Crippen LogP) is 5.72. The second-order valence-corrected chi connectivity index (χ2v) is 8.46. The van der Waals surface area contributed by atoms with Crippen molar-refractivity contribution in [3.63, 3.8) is 0 Å². The van der Waals surface area contributed by atoms with Gasteiger partial charge in [0.05, 0.1) is 13.2 Å². The Labute approximate surface area is 218 Å². The Morgan fingerprint density at radius 3 is 1.49 bits per heavy atom. The summed E-state index contributed by atoms with van der Waals surface area (Å²) in [6, 6.07) is 11.0. The van der Waals surface area contributed by atoms with Crippen molar-refractivity contribution in [1.82, 2.24) is 0 Å². The van der Waals surface area contributed by atoms with Crippen LogP contribution in [0.2, 0.25) is 0 Å². The molecule has 0 aliphatic carbocycles. The molecule has 0 spiro atoms. The molecular formula is C29H36O8. The number of esters is 2. The van der Waals surface area contributed by atoms with Crippen LogP contribution < -0.4 is 18.9 Å². The van der Waals surface area contributed by atoms with Crippen LogP contribution in [0.5, 0.6) is 23.0 Å². The Morgan fingerprint density at radius 2 is 1.16 bits per heavy atom. The molecule has 0 amide bonds. The van der Waals surface area contributed by atoms with Crippen LogP contribution in [0.15, 0.2) is 61.7 Å². The minimum Gasteiger partial charge on any atom is -0.493 e. The molecule has 0 saturated heterocycles. The van der Waals surface area contributed by atoms with Gasteiger partial charge in [-0.25, -0.2) is 9.59 Å². The Kier molecular flexibility index (Phi) is 10.6. The summed E-state index contributed by atoms with van der Waals surface area (Å²) in [6.45, 7) is 18.8. The van der Waals surface area contributed by atoms with Gasteiger partial charge in [-0.2, -0.15) is 0 Å². The first-order valence-electron chi connectivity index (χ1n) is 12.1. The molecule has 8 heteroatoms. The number of rotatable bonds is 14. The van der Waals surface area contributed by atoms with Crippen molar-refractivity contribution in [1.29, 1.82) is 0 Å². The lowest BCUT2D eigenvalue weighted by Gasteiger charge is -2.30. The fourth-order valence-electron chi connectivity index (χ4n) is 3.73. The van der Waals surface area contributed by atoms with Crippen LogP contribution in [-0.2, 0) is 24.5 Å². The van der Waals surface area contributed by atoms with Gasteiger partial charge in [0.2, 0.25) is 12.6 Å². The van der Waals surface area contributed by atoms with Crippen molar-refractivity contribution in [3.8, 4) is 23.0 Å². The Morgan fingerprint density at radius 1 is 0.784 bits per heavy atom. The maximum absolute atomic E-state index is 11.5. The lowest BCUT2D eigenvalue weighted by Crippen LogP contribution is -2.23. The van der Waals surface area contributed by atoms with Gasteiger partial charge in [0, 0.05) is 54.7 Å². The van der Waals surface area contributed by atoms with E-state index in [1.165, 1.54) is 0 Å². The fraction of sp³-hybridized carbons (Fsp3) is 0.379. The van der Waals surface area contributed by atoms with Crippen molar-refractivity contribution in [2.24, 2.45) is 0 Å². The van der Waals surface area contributed by atoms with E-state index >= 15 is 0 Å². The van der Waals surface area contributed by atoms with Gasteiger partial charge in [0.1, 0.15) is 23.0 Å². The van der Waals surface area contributed by atoms with Gasteiger partial charge >= 0.3 is 11.9 Å². The van der Waals surface area contributed by atoms with Gasteiger partial charge in [0.25, 0.3) is 0 Å². The standard InChI is InChI=1S/C29H36O8/c1-9-27(30)36-19(5)34-21-13-15-23(25(17-21)32-11-3)29(7,8)24-16-14-22(18-26(24)33-12-4)35-20(6)37-28(31)10-2/h9-10,13-20H,1-2,11-12H2,3-8H3. The molecule has 2 rings (SSSR count). The van der Waals surface area contributed by atoms with E-state index in [-0.39, 0.29) is 0 Å². The maximum atomic E-state index is 11.5. The van der Waals surface area contributed by atoms with Gasteiger partial charge in [-0.15, -0.1) is 0 Å². The predicted molar refractivity (Wildman–Crippen MR) is 140 cm³/mol. The molecule has 0 aliphatic rings. The SMILES string of the molecule is C=CC(=O)OC(C)Oc1ccc(C(C)(C)c2ccc(OC(C)OC(=O)C=C)cc2OCC)c(OCC)c1. The minimum atomic E-state index is -0.802. The Bertz CT molecular complexity index is 1020. The smallest absolute Gasteiger partial charge is 0.333 e. The third-order valence-electron chi connectivity index (χ3n) is 5.35. The highest BCUT2D eigenvalue weighted by Crippen LogP contribution is 2.44. The van der Waals surface area contributed by atoms with E-state index in [1.807, 2.05) is 26.0 Å². The Balaban J connectivity index is 2.40. The summed E-state index contributed by atoms with van der Waals surface area (Å²) in [5.74, 6) is 1.09. The molecule has 2 unspecified atom stereocenters. The van der Waals surface area contributed by atoms with Gasteiger partial charge in [0.15, 0.2) is 0 Å². The largest absolute Gasteiger partial charge is 0.493 e. The monoisotopic (exact) mass is 512 g/mol. The topological polar surface area (TPSA) is 89.5 Å². The molecular weight excluding hydrogens is 476 g/mol.